The Hall–Kier alpha value is -0.330. The molecule has 0 bridgehead atoms. The van der Waals surface area contributed by atoms with E-state index in [0.717, 1.165) is 12.8 Å². The van der Waals surface area contributed by atoms with Gasteiger partial charge in [-0.05, 0) is 13.3 Å². The maximum atomic E-state index is 10.5. The van der Waals surface area contributed by atoms with Gasteiger partial charge in [-0.1, -0.05) is 151 Å². The fourth-order valence-electron chi connectivity index (χ4n) is 2.48. The Morgan fingerprint density at radius 3 is 0.821 bits per heavy atom. The molecule has 0 aromatic heterocycles. The second kappa shape index (κ2) is 41.1. The van der Waals surface area contributed by atoms with Gasteiger partial charge in [0.25, 0.3) is 0 Å². The van der Waals surface area contributed by atoms with Crippen LogP contribution in [0.25, 0.3) is 0 Å². The summed E-state index contributed by atoms with van der Waals surface area (Å²) in [4.78, 5) is 10.5. The number of hydrogen-bond donors (Lipinski definition) is 0. The average molecular weight is 401 g/mol. The Bertz CT molecular complexity index is 191. The van der Waals surface area contributed by atoms with E-state index in [2.05, 4.69) is 48.5 Å². The maximum absolute atomic E-state index is 10.5. The predicted molar refractivity (Wildman–Crippen MR) is 134 cm³/mol. The number of carbonyl (C=O) groups excluding carboxylic acids is 1. The van der Waals surface area contributed by atoms with E-state index in [9.17, 15) is 4.79 Å². The molecule has 0 aromatic rings. The van der Waals surface area contributed by atoms with E-state index < -0.39 is 0 Å². The molecule has 0 atom stereocenters. The van der Waals surface area contributed by atoms with Gasteiger partial charge >= 0.3 is 0 Å². The minimum atomic E-state index is 0.330. The van der Waals surface area contributed by atoms with E-state index in [4.69, 9.17) is 0 Å². The Morgan fingerprint density at radius 2 is 0.607 bits per heavy atom. The first-order valence-corrected chi connectivity index (χ1v) is 13.0. The zero-order valence-electron chi connectivity index (χ0n) is 21.6. The molecule has 0 unspecified atom stereocenters. The summed E-state index contributed by atoms with van der Waals surface area (Å²) in [6.45, 7) is 17.3. The fraction of sp³-hybridized carbons (Fsp3) is 0.963. The van der Waals surface area contributed by atoms with Crippen LogP contribution in [0.4, 0.5) is 0 Å². The minimum absolute atomic E-state index is 0.330. The minimum Gasteiger partial charge on any atom is -0.300 e. The number of ketones is 1. The van der Waals surface area contributed by atoms with Crippen LogP contribution in [0.3, 0.4) is 0 Å². The summed E-state index contributed by atoms with van der Waals surface area (Å²) in [7, 11) is 0. The molecule has 1 heteroatoms. The molecule has 1 nitrogen and oxygen atoms in total. The van der Waals surface area contributed by atoms with Crippen molar-refractivity contribution in [3.63, 3.8) is 0 Å². The smallest absolute Gasteiger partial charge is 0.129 e. The van der Waals surface area contributed by atoms with Gasteiger partial charge in [-0.2, -0.15) is 0 Å². The highest BCUT2D eigenvalue weighted by atomic mass is 16.1. The predicted octanol–water partition coefficient (Wildman–Crippen LogP) is 10.7. The first kappa shape index (κ1) is 35.1. The average Bonchev–Trinajstić information content (AvgIpc) is 2.70. The normalized spacial score (nSPS) is 9.29. The van der Waals surface area contributed by atoms with Crippen LogP contribution >= 0.6 is 0 Å². The highest BCUT2D eigenvalue weighted by Crippen LogP contribution is 2.04. The van der Waals surface area contributed by atoms with Crippen LogP contribution in [-0.2, 0) is 4.79 Å². The lowest BCUT2D eigenvalue weighted by molar-refractivity contribution is -0.117. The molecule has 0 aliphatic carbocycles. The monoisotopic (exact) mass is 400 g/mol. The van der Waals surface area contributed by atoms with Crippen LogP contribution in [0.15, 0.2) is 0 Å². The zero-order valence-corrected chi connectivity index (χ0v) is 21.6. The molecule has 0 fully saturated rings. The lowest BCUT2D eigenvalue weighted by Gasteiger charge is -1.95. The number of hydrogen-bond acceptors (Lipinski definition) is 1. The molecule has 0 amide bonds. The number of unbranched alkanes of at least 4 members (excludes halogenated alkanes) is 13. The van der Waals surface area contributed by atoms with Gasteiger partial charge in [0.05, 0.1) is 0 Å². The van der Waals surface area contributed by atoms with Crippen molar-refractivity contribution < 1.29 is 4.79 Å². The van der Waals surface area contributed by atoms with E-state index in [-0.39, 0.29) is 0 Å². The van der Waals surface area contributed by atoms with Gasteiger partial charge in [-0.15, -0.1) is 0 Å². The van der Waals surface area contributed by atoms with Crippen molar-refractivity contribution in [2.75, 3.05) is 0 Å². The molecule has 0 aliphatic heterocycles. The quantitative estimate of drug-likeness (QED) is 0.250. The Balaban J connectivity index is -0.000000142. The summed E-state index contributed by atoms with van der Waals surface area (Å²) in [5.41, 5.74) is 0. The molecule has 0 N–H and O–H groups in total. The third-order valence-corrected chi connectivity index (χ3v) is 4.50. The van der Waals surface area contributed by atoms with Crippen molar-refractivity contribution in [3.05, 3.63) is 0 Å². The molecule has 0 rings (SSSR count). The van der Waals surface area contributed by atoms with Crippen LogP contribution in [0.2, 0.25) is 0 Å². The van der Waals surface area contributed by atoms with Gasteiger partial charge in [0, 0.05) is 6.42 Å². The van der Waals surface area contributed by atoms with Crippen LogP contribution in [-0.4, -0.2) is 5.78 Å². The fourth-order valence-corrected chi connectivity index (χ4v) is 2.48. The lowest BCUT2D eigenvalue weighted by atomic mass is 10.1. The Labute approximate surface area is 181 Å². The Kier molecular flexibility index (Phi) is 51.6. The van der Waals surface area contributed by atoms with Crippen LogP contribution in [0, 0.1) is 0 Å². The molecule has 0 heterocycles. The molecule has 0 radical (unpaired) electrons. The molecule has 0 saturated heterocycles. The van der Waals surface area contributed by atoms with Gasteiger partial charge in [0.15, 0.2) is 0 Å². The number of Topliss-reactive ketones (excluding diaryl/α,β-unsaturated/α-hetero) is 1. The van der Waals surface area contributed by atoms with Crippen molar-refractivity contribution in [1.82, 2.24) is 0 Å². The van der Waals surface area contributed by atoms with Gasteiger partial charge in [-0.3, -0.25) is 0 Å². The summed E-state index contributed by atoms with van der Waals surface area (Å²) >= 11 is 0. The SMILES string of the molecule is CCCCCC.CCCCCC.CCCCCC.CCCCCCCC(C)=O. The molecule has 0 aliphatic rings. The van der Waals surface area contributed by atoms with Crippen LogP contribution in [0.1, 0.15) is 171 Å². The first-order chi connectivity index (χ1) is 13.5. The third-order valence-electron chi connectivity index (χ3n) is 4.50. The number of rotatable bonds is 15. The second-order valence-electron chi connectivity index (χ2n) is 7.99. The highest BCUT2D eigenvalue weighted by Gasteiger charge is 1.92. The largest absolute Gasteiger partial charge is 0.300 e. The Morgan fingerprint density at radius 1 is 0.393 bits per heavy atom. The molecule has 174 valence electrons. The molecular weight excluding hydrogens is 340 g/mol. The zero-order chi connectivity index (χ0) is 22.3. The standard InChI is InChI=1S/C9H18O.3C6H14/c1-3-4-5-6-7-8-9(2)10;3*1-3-5-6-4-2/h3-8H2,1-2H3;3*3-6H2,1-2H3. The number of carbonyl (C=O) groups is 1. The summed E-state index contributed by atoms with van der Waals surface area (Å²) in [5, 5.41) is 0. The second-order valence-corrected chi connectivity index (χ2v) is 7.99. The summed E-state index contributed by atoms with van der Waals surface area (Å²) in [6.07, 6.45) is 23.6. The van der Waals surface area contributed by atoms with Gasteiger partial charge < -0.3 is 4.79 Å². The summed E-state index contributed by atoms with van der Waals surface area (Å²) in [5.74, 6) is 0.330. The van der Waals surface area contributed by atoms with E-state index in [1.54, 1.807) is 6.92 Å². The molecule has 28 heavy (non-hydrogen) atoms. The van der Waals surface area contributed by atoms with Crippen molar-refractivity contribution >= 4 is 5.78 Å². The van der Waals surface area contributed by atoms with Crippen molar-refractivity contribution in [2.45, 2.75) is 171 Å². The van der Waals surface area contributed by atoms with Crippen molar-refractivity contribution in [1.29, 1.82) is 0 Å². The highest BCUT2D eigenvalue weighted by molar-refractivity contribution is 5.75. The van der Waals surface area contributed by atoms with Gasteiger partial charge in [0.2, 0.25) is 0 Å². The third kappa shape index (κ3) is 63.6. The topological polar surface area (TPSA) is 17.1 Å². The summed E-state index contributed by atoms with van der Waals surface area (Å²) < 4.78 is 0. The van der Waals surface area contributed by atoms with Crippen LogP contribution < -0.4 is 0 Å². The molecule has 0 saturated carbocycles. The van der Waals surface area contributed by atoms with E-state index in [1.165, 1.54) is 103 Å². The first-order valence-electron chi connectivity index (χ1n) is 13.0. The molecular formula is C27H60O. The van der Waals surface area contributed by atoms with E-state index in [1.807, 2.05) is 0 Å². The summed E-state index contributed by atoms with van der Waals surface area (Å²) in [6, 6.07) is 0. The van der Waals surface area contributed by atoms with E-state index in [0.29, 0.717) is 5.78 Å². The molecule has 0 aromatic carbocycles. The van der Waals surface area contributed by atoms with Crippen LogP contribution in [0.5, 0.6) is 0 Å². The maximum Gasteiger partial charge on any atom is 0.129 e. The van der Waals surface area contributed by atoms with Crippen molar-refractivity contribution in [2.24, 2.45) is 0 Å². The van der Waals surface area contributed by atoms with Gasteiger partial charge in [-0.25, -0.2) is 0 Å². The van der Waals surface area contributed by atoms with Gasteiger partial charge in [0.1, 0.15) is 5.78 Å². The van der Waals surface area contributed by atoms with E-state index >= 15 is 0 Å². The van der Waals surface area contributed by atoms with Crippen molar-refractivity contribution in [3.8, 4) is 0 Å². The molecule has 0 spiro atoms. The lowest BCUT2D eigenvalue weighted by Crippen LogP contribution is -1.88.